The van der Waals surface area contributed by atoms with Crippen molar-refractivity contribution >= 4 is 11.9 Å². The van der Waals surface area contributed by atoms with Gasteiger partial charge in [0.2, 0.25) is 0 Å². The Morgan fingerprint density at radius 2 is 1.59 bits per heavy atom. The Morgan fingerprint density at radius 3 is 2.14 bits per heavy atom. The minimum absolute atomic E-state index is 0.176. The van der Waals surface area contributed by atoms with E-state index in [4.69, 9.17) is 9.84 Å². The molecule has 0 saturated heterocycles. The maximum Gasteiger partial charge on any atom is 0.333 e. The van der Waals surface area contributed by atoms with Gasteiger partial charge in [-0.25, -0.2) is 9.59 Å². The van der Waals surface area contributed by atoms with Crippen molar-refractivity contribution in [2.24, 2.45) is 23.7 Å². The van der Waals surface area contributed by atoms with Crippen molar-refractivity contribution in [2.45, 2.75) is 52.1 Å². The van der Waals surface area contributed by atoms with Crippen LogP contribution in [0.4, 0.5) is 0 Å². The number of carbonyl (C=O) groups excluding carboxylic acids is 1. The van der Waals surface area contributed by atoms with Crippen molar-refractivity contribution in [1.82, 2.24) is 0 Å². The fourth-order valence-electron chi connectivity index (χ4n) is 4.38. The molecule has 3 fully saturated rings. The van der Waals surface area contributed by atoms with Crippen LogP contribution in [0.5, 0.6) is 0 Å². The number of hydrogen-bond donors (Lipinski definition) is 1. The average molecular weight is 306 g/mol. The molecular formula is C18H26O4. The first kappa shape index (κ1) is 16.8. The number of carboxylic acid groups (broad SMARTS) is 1. The molecule has 4 heteroatoms. The molecular weight excluding hydrogens is 280 g/mol. The lowest BCUT2D eigenvalue weighted by Crippen LogP contribution is -2.32. The smallest absolute Gasteiger partial charge is 0.333 e. The number of aliphatic carboxylic acids is 1. The summed E-state index contributed by atoms with van der Waals surface area (Å²) in [6.07, 6.45) is 6.81. The first-order chi connectivity index (χ1) is 10.3. The summed E-state index contributed by atoms with van der Waals surface area (Å²) < 4.78 is 5.58. The van der Waals surface area contributed by atoms with Crippen LogP contribution >= 0.6 is 0 Å². The van der Waals surface area contributed by atoms with Gasteiger partial charge >= 0.3 is 11.9 Å². The number of ether oxygens (including phenoxy) is 1. The zero-order valence-electron chi connectivity index (χ0n) is 13.5. The lowest BCUT2D eigenvalue weighted by atomic mass is 9.80. The summed E-state index contributed by atoms with van der Waals surface area (Å²) >= 11 is 0. The number of carboxylic acids is 1. The third-order valence-corrected chi connectivity index (χ3v) is 5.34. The van der Waals surface area contributed by atoms with Gasteiger partial charge in [0, 0.05) is 11.1 Å². The number of fused-ring (bicyclic) bond motifs is 5. The van der Waals surface area contributed by atoms with Crippen molar-refractivity contribution in [3.05, 3.63) is 24.3 Å². The maximum absolute atomic E-state index is 11.5. The molecule has 0 aliphatic heterocycles. The van der Waals surface area contributed by atoms with Crippen molar-refractivity contribution in [2.75, 3.05) is 0 Å². The predicted octanol–water partition coefficient (Wildman–Crippen LogP) is 3.58. The molecule has 0 radical (unpaired) electrons. The SMILES string of the molecule is C=C(C)C(=O)O.C=C(C)C(=O)OC1CC2CC1C1CCCC21. The van der Waals surface area contributed by atoms with Crippen molar-refractivity contribution in [1.29, 1.82) is 0 Å². The normalized spacial score (nSPS) is 34.4. The summed E-state index contributed by atoms with van der Waals surface area (Å²) in [4.78, 5) is 21.1. The van der Waals surface area contributed by atoms with Gasteiger partial charge in [-0.2, -0.15) is 0 Å². The van der Waals surface area contributed by atoms with E-state index >= 15 is 0 Å². The molecule has 0 aromatic carbocycles. The Kier molecular flexibility index (Phi) is 5.09. The molecule has 0 heterocycles. The molecule has 3 rings (SSSR count). The van der Waals surface area contributed by atoms with Crippen LogP contribution in [-0.4, -0.2) is 23.1 Å². The van der Waals surface area contributed by atoms with Gasteiger partial charge in [0.25, 0.3) is 0 Å². The summed E-state index contributed by atoms with van der Waals surface area (Å²) in [5, 5.41) is 7.89. The molecule has 2 bridgehead atoms. The van der Waals surface area contributed by atoms with E-state index in [1.807, 2.05) is 0 Å². The molecule has 22 heavy (non-hydrogen) atoms. The molecule has 4 nitrogen and oxygen atoms in total. The van der Waals surface area contributed by atoms with E-state index in [-0.39, 0.29) is 17.6 Å². The van der Waals surface area contributed by atoms with Crippen LogP contribution in [-0.2, 0) is 14.3 Å². The van der Waals surface area contributed by atoms with Crippen LogP contribution in [0.15, 0.2) is 24.3 Å². The average Bonchev–Trinajstić information content (AvgIpc) is 3.10. The van der Waals surface area contributed by atoms with E-state index in [9.17, 15) is 9.59 Å². The van der Waals surface area contributed by atoms with E-state index in [0.29, 0.717) is 11.5 Å². The Hall–Kier alpha value is -1.58. The third kappa shape index (κ3) is 3.42. The minimum atomic E-state index is -0.935. The first-order valence-electron chi connectivity index (χ1n) is 8.06. The number of hydrogen-bond acceptors (Lipinski definition) is 3. The van der Waals surface area contributed by atoms with Crippen LogP contribution in [0.25, 0.3) is 0 Å². The van der Waals surface area contributed by atoms with Gasteiger partial charge in [0.1, 0.15) is 6.10 Å². The van der Waals surface area contributed by atoms with E-state index < -0.39 is 5.97 Å². The number of rotatable bonds is 3. The maximum atomic E-state index is 11.5. The molecule has 5 unspecified atom stereocenters. The number of carbonyl (C=O) groups is 2. The highest BCUT2D eigenvalue weighted by Crippen LogP contribution is 2.59. The number of esters is 1. The topological polar surface area (TPSA) is 63.6 Å². The summed E-state index contributed by atoms with van der Waals surface area (Å²) in [5.41, 5.74) is 0.709. The van der Waals surface area contributed by atoms with Gasteiger partial charge in [0.15, 0.2) is 0 Å². The molecule has 122 valence electrons. The summed E-state index contributed by atoms with van der Waals surface area (Å²) in [7, 11) is 0. The monoisotopic (exact) mass is 306 g/mol. The first-order valence-corrected chi connectivity index (χ1v) is 8.06. The quantitative estimate of drug-likeness (QED) is 0.639. The molecule has 3 aliphatic rings. The second-order valence-corrected chi connectivity index (χ2v) is 6.96. The van der Waals surface area contributed by atoms with Gasteiger partial charge in [-0.3, -0.25) is 0 Å². The molecule has 0 amide bonds. The molecule has 0 aromatic heterocycles. The van der Waals surface area contributed by atoms with E-state index in [1.165, 1.54) is 32.6 Å². The zero-order chi connectivity index (χ0) is 16.4. The molecule has 3 aliphatic carbocycles. The van der Waals surface area contributed by atoms with Crippen LogP contribution in [0.2, 0.25) is 0 Å². The van der Waals surface area contributed by atoms with Crippen LogP contribution in [0, 0.1) is 23.7 Å². The van der Waals surface area contributed by atoms with E-state index in [0.717, 1.165) is 24.2 Å². The zero-order valence-corrected chi connectivity index (χ0v) is 13.5. The summed E-state index contributed by atoms with van der Waals surface area (Å²) in [5.74, 6) is 2.22. The van der Waals surface area contributed by atoms with Gasteiger partial charge in [-0.1, -0.05) is 19.6 Å². The van der Waals surface area contributed by atoms with Crippen LogP contribution < -0.4 is 0 Å². The Labute approximate surface area is 132 Å². The predicted molar refractivity (Wildman–Crippen MR) is 84.2 cm³/mol. The fraction of sp³-hybridized carbons (Fsp3) is 0.667. The highest BCUT2D eigenvalue weighted by atomic mass is 16.5. The molecule has 1 N–H and O–H groups in total. The van der Waals surface area contributed by atoms with E-state index in [2.05, 4.69) is 13.2 Å². The van der Waals surface area contributed by atoms with Crippen LogP contribution in [0.1, 0.15) is 46.0 Å². The Balaban J connectivity index is 0.000000254. The largest absolute Gasteiger partial charge is 0.478 e. The van der Waals surface area contributed by atoms with Gasteiger partial charge in [-0.15, -0.1) is 0 Å². The fourth-order valence-corrected chi connectivity index (χ4v) is 4.38. The van der Waals surface area contributed by atoms with Crippen LogP contribution in [0.3, 0.4) is 0 Å². The Bertz CT molecular complexity index is 481. The summed E-state index contributed by atoms with van der Waals surface area (Å²) in [6, 6.07) is 0. The molecule has 3 saturated carbocycles. The highest BCUT2D eigenvalue weighted by Gasteiger charge is 2.55. The van der Waals surface area contributed by atoms with Crippen molar-refractivity contribution in [3.63, 3.8) is 0 Å². The molecule has 0 aromatic rings. The molecule has 0 spiro atoms. The summed E-state index contributed by atoms with van der Waals surface area (Å²) in [6.45, 7) is 9.98. The van der Waals surface area contributed by atoms with Crippen molar-refractivity contribution in [3.8, 4) is 0 Å². The van der Waals surface area contributed by atoms with Gasteiger partial charge in [0.05, 0.1) is 0 Å². The second kappa shape index (κ2) is 6.67. The highest BCUT2D eigenvalue weighted by molar-refractivity contribution is 5.87. The lowest BCUT2D eigenvalue weighted by Gasteiger charge is -2.31. The third-order valence-electron chi connectivity index (χ3n) is 5.34. The Morgan fingerprint density at radius 1 is 1.00 bits per heavy atom. The minimum Gasteiger partial charge on any atom is -0.478 e. The van der Waals surface area contributed by atoms with Crippen molar-refractivity contribution < 1.29 is 19.4 Å². The standard InChI is InChI=1S/C14H20O2.C4H6O2/c1-8(2)14(15)16-13-7-9-6-12(13)11-5-3-4-10(9)11;1-3(2)4(5)6/h9-13H,1,3-7H2,2H3;1H2,2H3,(H,5,6). The van der Waals surface area contributed by atoms with Gasteiger partial charge in [-0.05, 0) is 63.2 Å². The second-order valence-electron chi connectivity index (χ2n) is 6.96. The lowest BCUT2D eigenvalue weighted by molar-refractivity contribution is -0.148. The van der Waals surface area contributed by atoms with E-state index in [1.54, 1.807) is 6.92 Å². The molecule has 5 atom stereocenters. The van der Waals surface area contributed by atoms with Gasteiger partial charge < -0.3 is 9.84 Å².